The van der Waals surface area contributed by atoms with Gasteiger partial charge in [0.25, 0.3) is 0 Å². The Hall–Kier alpha value is -2.09. The summed E-state index contributed by atoms with van der Waals surface area (Å²) < 4.78 is 28.0. The fourth-order valence-corrected chi connectivity index (χ4v) is 3.38. The van der Waals surface area contributed by atoms with Crippen LogP contribution in [0.1, 0.15) is 45.1 Å². The topological polar surface area (TPSA) is 69.6 Å². The number of nitrogens with one attached hydrogen (secondary N) is 2. The fraction of sp³-hybridized carbons (Fsp3) is 0.632. The van der Waals surface area contributed by atoms with Gasteiger partial charge in [0.2, 0.25) is 5.91 Å². The summed E-state index contributed by atoms with van der Waals surface area (Å²) in [6.07, 6.45) is 4.24. The highest BCUT2D eigenvalue weighted by atomic mass is 19.1. The van der Waals surface area contributed by atoms with E-state index in [-0.39, 0.29) is 17.2 Å². The molecule has 6 nitrogen and oxygen atoms in total. The van der Waals surface area contributed by atoms with E-state index in [1.54, 1.807) is 0 Å². The van der Waals surface area contributed by atoms with Gasteiger partial charge in [-0.1, -0.05) is 20.3 Å². The number of piperidine rings is 1. The molecule has 1 amide bonds. The Morgan fingerprint density at radius 2 is 2.07 bits per heavy atom. The number of pyridine rings is 1. The van der Waals surface area contributed by atoms with Gasteiger partial charge in [-0.05, 0) is 45.0 Å². The molecule has 0 bridgehead atoms. The first-order valence-electron chi connectivity index (χ1n) is 9.48. The number of hydrazone groups is 1. The van der Waals surface area contributed by atoms with Gasteiger partial charge in [0.05, 0.1) is 6.20 Å². The number of halogens is 2. The Balaban J connectivity index is 1.54. The summed E-state index contributed by atoms with van der Waals surface area (Å²) in [5.74, 6) is -0.790. The molecule has 8 heteroatoms. The Morgan fingerprint density at radius 1 is 1.33 bits per heavy atom. The SMILES string of the molecule is CC(C)(CCN1CCCCC1)C(=O)NC1NN=C(c2cncc(F)c2)C1F. The van der Waals surface area contributed by atoms with Crippen LogP contribution in [0.5, 0.6) is 0 Å². The van der Waals surface area contributed by atoms with Crippen LogP contribution in [0.3, 0.4) is 0 Å². The van der Waals surface area contributed by atoms with Crippen molar-refractivity contribution in [3.05, 3.63) is 29.8 Å². The maximum absolute atomic E-state index is 14.7. The van der Waals surface area contributed by atoms with E-state index in [2.05, 4.69) is 25.7 Å². The molecule has 2 N–H and O–H groups in total. The average Bonchev–Trinajstić information content (AvgIpc) is 3.01. The summed E-state index contributed by atoms with van der Waals surface area (Å²) in [6.45, 7) is 6.74. The number of likely N-dealkylation sites (tertiary alicyclic amines) is 1. The van der Waals surface area contributed by atoms with Gasteiger partial charge < -0.3 is 10.2 Å². The van der Waals surface area contributed by atoms with E-state index in [0.717, 1.165) is 25.8 Å². The van der Waals surface area contributed by atoms with Crippen molar-refractivity contribution in [3.63, 3.8) is 0 Å². The van der Waals surface area contributed by atoms with Crippen LogP contribution in [0, 0.1) is 11.2 Å². The van der Waals surface area contributed by atoms with Crippen LogP contribution < -0.4 is 10.7 Å². The maximum Gasteiger partial charge on any atom is 0.227 e. The Bertz CT molecular complexity index is 703. The molecule has 0 saturated carbocycles. The molecular weight excluding hydrogens is 352 g/mol. The van der Waals surface area contributed by atoms with Gasteiger partial charge in [-0.15, -0.1) is 0 Å². The molecule has 0 aromatic carbocycles. The highest BCUT2D eigenvalue weighted by molar-refractivity contribution is 6.05. The second-order valence-corrected chi connectivity index (χ2v) is 7.91. The van der Waals surface area contributed by atoms with Gasteiger partial charge in [-0.2, -0.15) is 5.10 Å². The summed E-state index contributed by atoms with van der Waals surface area (Å²) in [6, 6.07) is 1.17. The second kappa shape index (κ2) is 8.29. The summed E-state index contributed by atoms with van der Waals surface area (Å²) in [4.78, 5) is 18.8. The number of carbonyl (C=O) groups excluding carboxylic acids is 1. The molecule has 2 aliphatic rings. The summed E-state index contributed by atoms with van der Waals surface area (Å²) in [7, 11) is 0. The fourth-order valence-electron chi connectivity index (χ4n) is 3.38. The van der Waals surface area contributed by atoms with Gasteiger partial charge in [-0.3, -0.25) is 15.2 Å². The van der Waals surface area contributed by atoms with Gasteiger partial charge in [0, 0.05) is 17.2 Å². The average molecular weight is 379 g/mol. The number of hydrogen-bond donors (Lipinski definition) is 2. The number of nitrogens with zero attached hydrogens (tertiary/aromatic N) is 3. The summed E-state index contributed by atoms with van der Waals surface area (Å²) in [5, 5.41) is 6.62. The molecule has 1 fully saturated rings. The smallest absolute Gasteiger partial charge is 0.227 e. The predicted octanol–water partition coefficient (Wildman–Crippen LogP) is 2.21. The monoisotopic (exact) mass is 379 g/mol. The summed E-state index contributed by atoms with van der Waals surface area (Å²) in [5.41, 5.74) is 2.28. The molecule has 3 rings (SSSR count). The molecule has 2 aliphatic heterocycles. The number of aromatic nitrogens is 1. The number of rotatable bonds is 6. The first-order valence-corrected chi connectivity index (χ1v) is 9.48. The van der Waals surface area contributed by atoms with Crippen molar-refractivity contribution in [2.45, 2.75) is 51.9 Å². The van der Waals surface area contributed by atoms with E-state index in [1.165, 1.54) is 31.5 Å². The number of alkyl halides is 1. The maximum atomic E-state index is 14.7. The highest BCUT2D eigenvalue weighted by Gasteiger charge is 2.37. The van der Waals surface area contributed by atoms with Crippen molar-refractivity contribution in [1.29, 1.82) is 0 Å². The van der Waals surface area contributed by atoms with Crippen molar-refractivity contribution >= 4 is 11.6 Å². The molecule has 1 aromatic rings. The third kappa shape index (κ3) is 4.80. The lowest BCUT2D eigenvalue weighted by Crippen LogP contribution is -2.52. The van der Waals surface area contributed by atoms with Crippen LogP contribution in [0.15, 0.2) is 23.6 Å². The first-order chi connectivity index (χ1) is 12.9. The molecule has 0 spiro atoms. The standard InChI is InChI=1S/C19H27F2N5O/c1-19(2,6-9-26-7-4-3-5-8-26)18(27)23-17-15(21)16(24-25-17)13-10-14(20)12-22-11-13/h10-12,15,17,25H,3-9H2,1-2H3,(H,23,27). The predicted molar refractivity (Wildman–Crippen MR) is 99.4 cm³/mol. The van der Waals surface area contributed by atoms with Crippen LogP contribution in [-0.4, -0.2) is 53.5 Å². The first kappa shape index (κ1) is 19.7. The molecular formula is C19H27F2N5O. The third-order valence-corrected chi connectivity index (χ3v) is 5.28. The van der Waals surface area contributed by atoms with E-state index in [0.29, 0.717) is 6.42 Å². The largest absolute Gasteiger partial charge is 0.332 e. The molecule has 1 aromatic heterocycles. The zero-order chi connectivity index (χ0) is 19.4. The number of hydrogen-bond acceptors (Lipinski definition) is 5. The summed E-state index contributed by atoms with van der Waals surface area (Å²) >= 11 is 0. The molecule has 0 radical (unpaired) electrons. The lowest BCUT2D eigenvalue weighted by atomic mass is 9.87. The minimum absolute atomic E-state index is 0.0402. The van der Waals surface area contributed by atoms with E-state index < -0.39 is 23.6 Å². The Morgan fingerprint density at radius 3 is 2.78 bits per heavy atom. The van der Waals surface area contributed by atoms with Crippen molar-refractivity contribution in [1.82, 2.24) is 20.6 Å². The number of amides is 1. The molecule has 27 heavy (non-hydrogen) atoms. The molecule has 1 saturated heterocycles. The molecule has 148 valence electrons. The number of carbonyl (C=O) groups is 1. The molecule has 2 unspecified atom stereocenters. The van der Waals surface area contributed by atoms with Gasteiger partial charge in [0.15, 0.2) is 12.3 Å². The van der Waals surface area contributed by atoms with E-state index >= 15 is 0 Å². The highest BCUT2D eigenvalue weighted by Crippen LogP contribution is 2.24. The van der Waals surface area contributed by atoms with Crippen LogP contribution in [-0.2, 0) is 4.79 Å². The molecule has 3 heterocycles. The van der Waals surface area contributed by atoms with E-state index in [1.807, 2.05) is 13.8 Å². The third-order valence-electron chi connectivity index (χ3n) is 5.28. The zero-order valence-corrected chi connectivity index (χ0v) is 15.8. The van der Waals surface area contributed by atoms with Crippen LogP contribution in [0.25, 0.3) is 0 Å². The Kier molecular flexibility index (Phi) is 6.04. The molecule has 2 atom stereocenters. The lowest BCUT2D eigenvalue weighted by molar-refractivity contribution is -0.131. The minimum Gasteiger partial charge on any atom is -0.332 e. The Labute approximate surface area is 158 Å². The van der Waals surface area contributed by atoms with E-state index in [9.17, 15) is 13.6 Å². The van der Waals surface area contributed by atoms with Gasteiger partial charge in [0.1, 0.15) is 11.5 Å². The van der Waals surface area contributed by atoms with Gasteiger partial charge >= 0.3 is 0 Å². The van der Waals surface area contributed by atoms with Crippen molar-refractivity contribution in [2.75, 3.05) is 19.6 Å². The van der Waals surface area contributed by atoms with Crippen molar-refractivity contribution < 1.29 is 13.6 Å². The van der Waals surface area contributed by atoms with E-state index in [4.69, 9.17) is 0 Å². The minimum atomic E-state index is -1.57. The van der Waals surface area contributed by atoms with Crippen molar-refractivity contribution in [3.8, 4) is 0 Å². The normalized spacial score (nSPS) is 23.6. The van der Waals surface area contributed by atoms with Crippen molar-refractivity contribution in [2.24, 2.45) is 10.5 Å². The second-order valence-electron chi connectivity index (χ2n) is 7.91. The van der Waals surface area contributed by atoms with Crippen LogP contribution in [0.4, 0.5) is 8.78 Å². The zero-order valence-electron chi connectivity index (χ0n) is 15.8. The van der Waals surface area contributed by atoms with Crippen LogP contribution in [0.2, 0.25) is 0 Å². The lowest BCUT2D eigenvalue weighted by Gasteiger charge is -2.31. The quantitative estimate of drug-likeness (QED) is 0.795. The van der Waals surface area contributed by atoms with Gasteiger partial charge in [-0.25, -0.2) is 8.78 Å². The molecule has 0 aliphatic carbocycles. The van der Waals surface area contributed by atoms with Crippen LogP contribution >= 0.6 is 0 Å².